The highest BCUT2D eigenvalue weighted by Crippen LogP contribution is 2.40. The number of hydrogen-bond acceptors (Lipinski definition) is 5. The maximum absolute atomic E-state index is 13.2. The van der Waals surface area contributed by atoms with Crippen LogP contribution in [0.1, 0.15) is 75.0 Å². The highest BCUT2D eigenvalue weighted by atomic mass is 32.2. The normalized spacial score (nSPS) is 13.0. The van der Waals surface area contributed by atoms with Crippen LogP contribution >= 0.6 is 0 Å². The number of nitrogens with zero attached hydrogens (tertiary/aromatic N) is 1. The van der Waals surface area contributed by atoms with E-state index in [2.05, 4.69) is 0 Å². The number of sulfone groups is 1. The van der Waals surface area contributed by atoms with Gasteiger partial charge in [-0.05, 0) is 58.9 Å². The molecule has 2 aromatic carbocycles. The summed E-state index contributed by atoms with van der Waals surface area (Å²) in [5.74, 6) is -0.980. The molecule has 0 saturated carbocycles. The lowest BCUT2D eigenvalue weighted by Gasteiger charge is -2.28. The van der Waals surface area contributed by atoms with Gasteiger partial charge in [-0.15, -0.1) is 0 Å². The molecule has 6 nitrogen and oxygen atoms in total. The molecule has 0 heterocycles. The van der Waals surface area contributed by atoms with Crippen LogP contribution < -0.4 is 0 Å². The summed E-state index contributed by atoms with van der Waals surface area (Å²) in [6, 6.07) is 10.3. The Balaban J connectivity index is 2.73. The second-order valence-corrected chi connectivity index (χ2v) is 11.7. The first-order chi connectivity index (χ1) is 14.6. The summed E-state index contributed by atoms with van der Waals surface area (Å²) >= 11 is 0. The van der Waals surface area contributed by atoms with Crippen molar-refractivity contribution in [2.45, 2.75) is 63.7 Å². The maximum Gasteiger partial charge on any atom is 0.335 e. The van der Waals surface area contributed by atoms with Crippen molar-refractivity contribution >= 4 is 21.9 Å². The number of nitriles is 1. The second kappa shape index (κ2) is 8.79. The van der Waals surface area contributed by atoms with Gasteiger partial charge in [0, 0.05) is 11.1 Å². The van der Waals surface area contributed by atoms with E-state index in [1.807, 2.05) is 47.6 Å². The molecule has 0 aliphatic carbocycles. The number of allylic oxidation sites excluding steroid dienone is 1. The van der Waals surface area contributed by atoms with Gasteiger partial charge in [-0.1, -0.05) is 41.5 Å². The third-order valence-electron chi connectivity index (χ3n) is 5.09. The first-order valence-electron chi connectivity index (χ1n) is 10.1. The van der Waals surface area contributed by atoms with Crippen molar-refractivity contribution in [3.05, 3.63) is 63.6 Å². The smallest absolute Gasteiger partial charge is 0.335 e. The third kappa shape index (κ3) is 5.38. The van der Waals surface area contributed by atoms with Crippen molar-refractivity contribution in [1.29, 1.82) is 5.26 Å². The minimum atomic E-state index is -4.03. The number of rotatable bonds is 5. The Kier molecular flexibility index (Phi) is 6.91. The number of carboxylic acid groups (broad SMARTS) is 1. The molecule has 7 heteroatoms. The fraction of sp³-hybridized carbons (Fsp3) is 0.360. The topological polar surface area (TPSA) is 115 Å². The highest BCUT2D eigenvalue weighted by Gasteiger charge is 2.27. The maximum atomic E-state index is 13.2. The number of phenolic OH excluding ortho intramolecular Hbond substituents is 1. The van der Waals surface area contributed by atoms with E-state index in [4.69, 9.17) is 5.11 Å². The van der Waals surface area contributed by atoms with E-state index in [9.17, 15) is 23.6 Å². The molecule has 0 atom stereocenters. The van der Waals surface area contributed by atoms with Crippen molar-refractivity contribution in [2.75, 3.05) is 0 Å². The summed E-state index contributed by atoms with van der Waals surface area (Å²) in [4.78, 5) is 10.9. The minimum absolute atomic E-state index is 0.0297. The molecule has 2 N–H and O–H groups in total. The fourth-order valence-corrected chi connectivity index (χ4v) is 4.64. The summed E-state index contributed by atoms with van der Waals surface area (Å²) < 4.78 is 26.4. The molecule has 0 fully saturated rings. The van der Waals surface area contributed by atoms with E-state index in [1.54, 1.807) is 12.1 Å². The Hall–Kier alpha value is -3.11. The van der Waals surface area contributed by atoms with Crippen LogP contribution in [0, 0.1) is 11.3 Å². The van der Waals surface area contributed by atoms with E-state index in [0.717, 1.165) is 0 Å². The predicted octanol–water partition coefficient (Wildman–Crippen LogP) is 5.41. The largest absolute Gasteiger partial charge is 0.507 e. The van der Waals surface area contributed by atoms with E-state index in [-0.39, 0.29) is 27.5 Å². The molecule has 0 aliphatic heterocycles. The fourth-order valence-electron chi connectivity index (χ4n) is 3.30. The van der Waals surface area contributed by atoms with Crippen LogP contribution in [0.5, 0.6) is 5.75 Å². The van der Waals surface area contributed by atoms with E-state index in [0.29, 0.717) is 16.7 Å². The van der Waals surface area contributed by atoms with Gasteiger partial charge in [0.15, 0.2) is 0 Å². The number of carbonyl (C=O) groups is 1. The molecule has 0 saturated heterocycles. The molecule has 0 unspecified atom stereocenters. The van der Waals surface area contributed by atoms with Crippen molar-refractivity contribution in [1.82, 2.24) is 0 Å². The van der Waals surface area contributed by atoms with Crippen LogP contribution in [-0.4, -0.2) is 24.6 Å². The zero-order chi connectivity index (χ0) is 24.5. The molecular weight excluding hydrogens is 426 g/mol. The van der Waals surface area contributed by atoms with Gasteiger partial charge in [0.25, 0.3) is 0 Å². The number of phenols is 1. The van der Waals surface area contributed by atoms with Crippen molar-refractivity contribution in [3.63, 3.8) is 0 Å². The Morgan fingerprint density at radius 3 is 1.84 bits per heavy atom. The van der Waals surface area contributed by atoms with Gasteiger partial charge in [-0.3, -0.25) is 0 Å². The zero-order valence-electron chi connectivity index (χ0n) is 19.2. The molecule has 0 aliphatic rings. The Morgan fingerprint density at radius 2 is 1.47 bits per heavy atom. The van der Waals surface area contributed by atoms with Gasteiger partial charge in [-0.2, -0.15) is 5.26 Å². The predicted molar refractivity (Wildman–Crippen MR) is 124 cm³/mol. The number of benzene rings is 2. The van der Waals surface area contributed by atoms with Gasteiger partial charge >= 0.3 is 5.97 Å². The average molecular weight is 456 g/mol. The Labute approximate surface area is 189 Å². The summed E-state index contributed by atoms with van der Waals surface area (Å²) in [7, 11) is -4.03. The molecule has 2 rings (SSSR count). The summed E-state index contributed by atoms with van der Waals surface area (Å²) in [5.41, 5.74) is 1.10. The first-order valence-corrected chi connectivity index (χ1v) is 11.6. The lowest BCUT2D eigenvalue weighted by atomic mass is 9.78. The molecule has 170 valence electrons. The van der Waals surface area contributed by atoms with E-state index in [1.165, 1.54) is 30.3 Å². The molecule has 0 aromatic heterocycles. The Morgan fingerprint density at radius 1 is 1.00 bits per heavy atom. The lowest BCUT2D eigenvalue weighted by molar-refractivity contribution is 0.0696. The van der Waals surface area contributed by atoms with E-state index < -0.39 is 26.6 Å². The third-order valence-corrected chi connectivity index (χ3v) is 6.93. The van der Waals surface area contributed by atoms with Gasteiger partial charge in [0.05, 0.1) is 27.9 Å². The number of carboxylic acids is 1. The standard InChI is InChI=1S/C25H29NO5S/c1-24(2,3)20-14-16(15-21(22(20)27)25(4,5)6)13-19(11-12-26)32(30,31)18-9-7-17(8-10-18)23(28)29/h7-10,13-15,27H,11H2,1-6H3,(H,28,29). The van der Waals surface area contributed by atoms with Gasteiger partial charge < -0.3 is 10.2 Å². The van der Waals surface area contributed by atoms with Crippen molar-refractivity contribution < 1.29 is 23.4 Å². The van der Waals surface area contributed by atoms with Crippen LogP contribution in [0.25, 0.3) is 6.08 Å². The highest BCUT2D eigenvalue weighted by molar-refractivity contribution is 7.95. The molecule has 0 amide bonds. The molecule has 32 heavy (non-hydrogen) atoms. The van der Waals surface area contributed by atoms with Crippen molar-refractivity contribution in [2.24, 2.45) is 0 Å². The van der Waals surface area contributed by atoms with Crippen LogP contribution in [0.15, 0.2) is 46.2 Å². The molecule has 0 radical (unpaired) electrons. The molecule has 2 aromatic rings. The van der Waals surface area contributed by atoms with Crippen LogP contribution in [0.3, 0.4) is 0 Å². The summed E-state index contributed by atoms with van der Waals surface area (Å²) in [6.45, 7) is 11.7. The van der Waals surface area contributed by atoms with Crippen LogP contribution in [0.4, 0.5) is 0 Å². The lowest BCUT2D eigenvalue weighted by Crippen LogP contribution is -2.17. The Bertz CT molecular complexity index is 1170. The summed E-state index contributed by atoms with van der Waals surface area (Å²) in [5, 5.41) is 29.2. The second-order valence-electron chi connectivity index (χ2n) is 9.74. The molecular formula is C25H29NO5S. The molecule has 0 bridgehead atoms. The summed E-state index contributed by atoms with van der Waals surface area (Å²) in [6.07, 6.45) is 1.10. The minimum Gasteiger partial charge on any atom is -0.507 e. The number of aromatic hydroxyl groups is 1. The van der Waals surface area contributed by atoms with Crippen LogP contribution in [0.2, 0.25) is 0 Å². The SMILES string of the molecule is CC(C)(C)c1cc(C=C(CC#N)S(=O)(=O)c2ccc(C(=O)O)cc2)cc(C(C)(C)C)c1O. The van der Waals surface area contributed by atoms with E-state index >= 15 is 0 Å². The average Bonchev–Trinajstić information content (AvgIpc) is 2.67. The number of aromatic carboxylic acids is 1. The molecule has 0 spiro atoms. The van der Waals surface area contributed by atoms with Gasteiger partial charge in [0.2, 0.25) is 9.84 Å². The zero-order valence-corrected chi connectivity index (χ0v) is 20.0. The van der Waals surface area contributed by atoms with Crippen molar-refractivity contribution in [3.8, 4) is 11.8 Å². The van der Waals surface area contributed by atoms with Gasteiger partial charge in [0.1, 0.15) is 5.75 Å². The van der Waals surface area contributed by atoms with Gasteiger partial charge in [-0.25, -0.2) is 13.2 Å². The quantitative estimate of drug-likeness (QED) is 0.622. The van der Waals surface area contributed by atoms with Crippen LogP contribution in [-0.2, 0) is 20.7 Å². The first kappa shape index (κ1) is 25.2. The monoisotopic (exact) mass is 455 g/mol. The number of hydrogen-bond donors (Lipinski definition) is 2.